The fraction of sp³-hybridized carbons (Fsp3) is 0.0435. The van der Waals surface area contributed by atoms with Crippen LogP contribution in [0.1, 0.15) is 11.1 Å². The summed E-state index contributed by atoms with van der Waals surface area (Å²) in [6.45, 7) is 0.0289. The molecule has 0 saturated carbocycles. The second kappa shape index (κ2) is 10.3. The number of nitro benzene ring substituents is 1. The molecule has 0 radical (unpaired) electrons. The van der Waals surface area contributed by atoms with Gasteiger partial charge in [-0.2, -0.15) is 8.42 Å². The van der Waals surface area contributed by atoms with E-state index in [1.807, 2.05) is 0 Å². The molecule has 36 heavy (non-hydrogen) atoms. The summed E-state index contributed by atoms with van der Waals surface area (Å²) in [5, 5.41) is 11.1. The number of hydrogen-bond acceptors (Lipinski definition) is 8. The Hall–Kier alpha value is -3.38. The molecule has 1 fully saturated rings. The molecular formula is C23H14Cl2N2O7S2. The molecule has 0 aromatic heterocycles. The third kappa shape index (κ3) is 5.71. The van der Waals surface area contributed by atoms with Gasteiger partial charge in [0.1, 0.15) is 10.6 Å². The summed E-state index contributed by atoms with van der Waals surface area (Å²) in [5.41, 5.74) is 0.776. The van der Waals surface area contributed by atoms with Crippen molar-refractivity contribution in [1.82, 2.24) is 4.90 Å². The van der Waals surface area contributed by atoms with Gasteiger partial charge in [0.05, 0.1) is 26.4 Å². The summed E-state index contributed by atoms with van der Waals surface area (Å²) in [4.78, 5) is 36.3. The van der Waals surface area contributed by atoms with Gasteiger partial charge < -0.3 is 4.18 Å². The topological polar surface area (TPSA) is 124 Å². The van der Waals surface area contributed by atoms with Crippen LogP contribution in [0, 0.1) is 10.1 Å². The van der Waals surface area contributed by atoms with Gasteiger partial charge in [-0.05, 0) is 59.3 Å². The average molecular weight is 565 g/mol. The third-order valence-electron chi connectivity index (χ3n) is 4.90. The van der Waals surface area contributed by atoms with Crippen LogP contribution in [0.2, 0.25) is 10.0 Å². The molecule has 1 heterocycles. The zero-order valence-corrected chi connectivity index (χ0v) is 21.1. The Bertz CT molecular complexity index is 1520. The number of nitro groups is 1. The van der Waals surface area contributed by atoms with Gasteiger partial charge in [-0.25, -0.2) is 0 Å². The van der Waals surface area contributed by atoms with E-state index >= 15 is 0 Å². The number of amides is 2. The molecule has 1 saturated heterocycles. The first-order chi connectivity index (χ1) is 17.0. The van der Waals surface area contributed by atoms with Crippen LogP contribution in [0.15, 0.2) is 76.5 Å². The highest BCUT2D eigenvalue weighted by Gasteiger charge is 2.35. The molecule has 1 aliphatic rings. The van der Waals surface area contributed by atoms with Crippen molar-refractivity contribution in [2.75, 3.05) is 0 Å². The van der Waals surface area contributed by atoms with Crippen LogP contribution >= 0.6 is 35.0 Å². The number of halogens is 2. The lowest BCUT2D eigenvalue weighted by molar-refractivity contribution is -0.385. The second-order valence-corrected chi connectivity index (χ2v) is 10.7. The molecule has 0 aliphatic carbocycles. The minimum atomic E-state index is -4.31. The number of carbonyl (C=O) groups excluding carboxylic acids is 2. The van der Waals surface area contributed by atoms with E-state index in [0.717, 1.165) is 22.7 Å². The highest BCUT2D eigenvalue weighted by atomic mass is 35.5. The molecular weight excluding hydrogens is 551 g/mol. The number of thioether (sulfide) groups is 1. The van der Waals surface area contributed by atoms with Crippen molar-refractivity contribution in [1.29, 1.82) is 0 Å². The molecule has 1 aliphatic heterocycles. The van der Waals surface area contributed by atoms with Gasteiger partial charge in [-0.3, -0.25) is 24.6 Å². The summed E-state index contributed by atoms with van der Waals surface area (Å²) < 4.78 is 30.0. The maximum atomic E-state index is 12.8. The van der Waals surface area contributed by atoms with Crippen LogP contribution in [0.4, 0.5) is 10.5 Å². The van der Waals surface area contributed by atoms with Crippen molar-refractivity contribution in [2.24, 2.45) is 0 Å². The van der Waals surface area contributed by atoms with Crippen LogP contribution in [-0.4, -0.2) is 29.4 Å². The molecule has 2 amide bonds. The average Bonchev–Trinajstić information content (AvgIpc) is 3.10. The summed E-state index contributed by atoms with van der Waals surface area (Å²) in [7, 11) is -4.31. The molecule has 3 aromatic carbocycles. The number of carbonyl (C=O) groups is 2. The van der Waals surface area contributed by atoms with Crippen LogP contribution in [0.25, 0.3) is 6.08 Å². The zero-order chi connectivity index (χ0) is 26.0. The summed E-state index contributed by atoms with van der Waals surface area (Å²) >= 11 is 12.7. The molecule has 3 aromatic rings. The predicted octanol–water partition coefficient (Wildman–Crippen LogP) is 5.91. The van der Waals surface area contributed by atoms with E-state index < -0.39 is 26.2 Å². The largest absolute Gasteiger partial charge is 0.379 e. The molecule has 184 valence electrons. The van der Waals surface area contributed by atoms with E-state index in [2.05, 4.69) is 0 Å². The molecule has 0 bridgehead atoms. The van der Waals surface area contributed by atoms with Crippen LogP contribution in [0.5, 0.6) is 5.75 Å². The first-order valence-electron chi connectivity index (χ1n) is 10.0. The van der Waals surface area contributed by atoms with Gasteiger partial charge in [0.25, 0.3) is 16.8 Å². The number of non-ortho nitro benzene ring substituents is 1. The van der Waals surface area contributed by atoms with Gasteiger partial charge in [0, 0.05) is 12.1 Å². The summed E-state index contributed by atoms with van der Waals surface area (Å²) in [6.07, 6.45) is 1.50. The van der Waals surface area contributed by atoms with E-state index in [1.54, 1.807) is 18.2 Å². The van der Waals surface area contributed by atoms with E-state index in [4.69, 9.17) is 27.4 Å². The standard InChI is InChI=1S/C23H14Cl2N2O7S2/c24-19-9-6-15(10-20(19)25)13-26-22(28)21(35-23(26)29)11-14-4-7-17(8-5-14)34-36(32,33)18-3-1-2-16(12-18)27(30)31/h1-12H,13H2/b21-11-. The van der Waals surface area contributed by atoms with Crippen molar-refractivity contribution in [2.45, 2.75) is 11.4 Å². The Morgan fingerprint density at radius 2 is 1.72 bits per heavy atom. The zero-order valence-electron chi connectivity index (χ0n) is 18.0. The summed E-state index contributed by atoms with van der Waals surface area (Å²) in [5.74, 6) is -0.518. The van der Waals surface area contributed by atoms with Gasteiger partial charge in [0.15, 0.2) is 0 Å². The second-order valence-electron chi connectivity index (χ2n) is 7.38. The Labute approximate surface area is 219 Å². The van der Waals surface area contributed by atoms with E-state index in [0.29, 0.717) is 21.2 Å². The lowest BCUT2D eigenvalue weighted by Crippen LogP contribution is -2.27. The Morgan fingerprint density at radius 3 is 2.39 bits per heavy atom. The normalized spacial score (nSPS) is 14.9. The smallest absolute Gasteiger partial charge is 0.339 e. The molecule has 4 rings (SSSR count). The maximum Gasteiger partial charge on any atom is 0.339 e. The fourth-order valence-electron chi connectivity index (χ4n) is 3.16. The Balaban J connectivity index is 1.47. The number of rotatable bonds is 7. The first kappa shape index (κ1) is 25.7. The van der Waals surface area contributed by atoms with Gasteiger partial charge >= 0.3 is 10.1 Å². The molecule has 0 atom stereocenters. The quantitative estimate of drug-likeness (QED) is 0.150. The first-order valence-corrected chi connectivity index (χ1v) is 13.0. The summed E-state index contributed by atoms with van der Waals surface area (Å²) in [6, 6.07) is 15.1. The van der Waals surface area contributed by atoms with Crippen molar-refractivity contribution in [3.63, 3.8) is 0 Å². The number of hydrogen-bond donors (Lipinski definition) is 0. The van der Waals surface area contributed by atoms with E-state index in [9.17, 15) is 28.1 Å². The minimum Gasteiger partial charge on any atom is -0.379 e. The Morgan fingerprint density at radius 1 is 1.00 bits per heavy atom. The molecule has 0 unspecified atom stereocenters. The van der Waals surface area contributed by atoms with Crippen LogP contribution in [0.3, 0.4) is 0 Å². The van der Waals surface area contributed by atoms with Crippen molar-refractivity contribution < 1.29 is 27.1 Å². The highest BCUT2D eigenvalue weighted by Crippen LogP contribution is 2.34. The van der Waals surface area contributed by atoms with Gasteiger partial charge in [-0.15, -0.1) is 0 Å². The Kier molecular flexibility index (Phi) is 7.36. The number of nitrogens with zero attached hydrogens (tertiary/aromatic N) is 2. The number of imide groups is 1. The van der Waals surface area contributed by atoms with E-state index in [1.165, 1.54) is 48.5 Å². The van der Waals surface area contributed by atoms with Crippen molar-refractivity contribution >= 4 is 68.0 Å². The third-order valence-corrected chi connectivity index (χ3v) is 7.79. The van der Waals surface area contributed by atoms with E-state index in [-0.39, 0.29) is 27.8 Å². The van der Waals surface area contributed by atoms with Crippen molar-refractivity contribution in [3.05, 3.63) is 103 Å². The molecule has 9 nitrogen and oxygen atoms in total. The van der Waals surface area contributed by atoms with Crippen molar-refractivity contribution in [3.8, 4) is 5.75 Å². The van der Waals surface area contributed by atoms with Gasteiger partial charge in [0.2, 0.25) is 0 Å². The minimum absolute atomic E-state index is 0.0289. The highest BCUT2D eigenvalue weighted by molar-refractivity contribution is 8.18. The van der Waals surface area contributed by atoms with Crippen LogP contribution < -0.4 is 4.18 Å². The fourth-order valence-corrected chi connectivity index (χ4v) is 5.29. The lowest BCUT2D eigenvalue weighted by Gasteiger charge is -2.12. The van der Waals surface area contributed by atoms with Crippen LogP contribution in [-0.2, 0) is 21.5 Å². The van der Waals surface area contributed by atoms with Gasteiger partial charge in [-0.1, -0.05) is 47.5 Å². The lowest BCUT2D eigenvalue weighted by atomic mass is 10.2. The predicted molar refractivity (Wildman–Crippen MR) is 135 cm³/mol. The monoisotopic (exact) mass is 564 g/mol. The SMILES string of the molecule is O=C1S/C(=C\c2ccc(OS(=O)(=O)c3cccc([N+](=O)[O-])c3)cc2)C(=O)N1Cc1ccc(Cl)c(Cl)c1. The maximum absolute atomic E-state index is 12.8. The number of benzene rings is 3. The molecule has 13 heteroatoms. The molecule has 0 N–H and O–H groups in total. The molecule has 0 spiro atoms.